The number of hydrogen-bond acceptors (Lipinski definition) is 1. The summed E-state index contributed by atoms with van der Waals surface area (Å²) < 4.78 is 0. The molecular formula is C8H12O. The van der Waals surface area contributed by atoms with E-state index in [0.29, 0.717) is 0 Å². The molecule has 50 valence electrons. The number of allylic oxidation sites excluding steroid dienone is 1. The van der Waals surface area contributed by atoms with E-state index in [0.717, 1.165) is 0 Å². The molecule has 0 aliphatic carbocycles. The van der Waals surface area contributed by atoms with Crippen molar-refractivity contribution < 1.29 is 4.79 Å². The average Bonchev–Trinajstić information content (AvgIpc) is 1.65. The van der Waals surface area contributed by atoms with Gasteiger partial charge in [-0.2, -0.15) is 0 Å². The van der Waals surface area contributed by atoms with Gasteiger partial charge >= 0.3 is 0 Å². The first-order valence-corrected chi connectivity index (χ1v) is 2.89. The Morgan fingerprint density at radius 2 is 2.11 bits per heavy atom. The van der Waals surface area contributed by atoms with Gasteiger partial charge in [-0.05, 0) is 26.8 Å². The Bertz CT molecular complexity index is 155. The molecule has 0 N–H and O–H groups in total. The lowest BCUT2D eigenvalue weighted by Gasteiger charge is -2.12. The minimum atomic E-state index is -0.387. The SMILES string of the molecule is C=C=CC(C)(C)C(C)=O. The summed E-state index contributed by atoms with van der Waals surface area (Å²) in [5.41, 5.74) is 2.21. The van der Waals surface area contributed by atoms with Crippen LogP contribution in [-0.4, -0.2) is 5.78 Å². The lowest BCUT2D eigenvalue weighted by Crippen LogP contribution is -2.17. The minimum Gasteiger partial charge on any atom is -0.299 e. The highest BCUT2D eigenvalue weighted by Crippen LogP contribution is 2.16. The third-order valence-electron chi connectivity index (χ3n) is 1.37. The maximum Gasteiger partial charge on any atom is 0.139 e. The van der Waals surface area contributed by atoms with Crippen molar-refractivity contribution in [2.45, 2.75) is 20.8 Å². The third-order valence-corrected chi connectivity index (χ3v) is 1.37. The molecule has 0 amide bonds. The van der Waals surface area contributed by atoms with E-state index in [9.17, 15) is 4.79 Å². The highest BCUT2D eigenvalue weighted by atomic mass is 16.1. The topological polar surface area (TPSA) is 17.1 Å². The monoisotopic (exact) mass is 124 g/mol. The van der Waals surface area contributed by atoms with E-state index in [4.69, 9.17) is 0 Å². The number of ketones is 1. The summed E-state index contributed by atoms with van der Waals surface area (Å²) in [6.45, 7) is 8.64. The Balaban J connectivity index is 4.37. The van der Waals surface area contributed by atoms with Crippen molar-refractivity contribution in [2.24, 2.45) is 5.41 Å². The molecule has 1 nitrogen and oxygen atoms in total. The molecule has 0 aromatic carbocycles. The van der Waals surface area contributed by atoms with Crippen molar-refractivity contribution in [3.8, 4) is 0 Å². The van der Waals surface area contributed by atoms with Gasteiger partial charge in [-0.25, -0.2) is 0 Å². The number of Topliss-reactive ketones (excluding diaryl/α,β-unsaturated/α-hetero) is 1. The second-order valence-corrected chi connectivity index (χ2v) is 2.63. The van der Waals surface area contributed by atoms with Crippen LogP contribution in [0.25, 0.3) is 0 Å². The van der Waals surface area contributed by atoms with Crippen molar-refractivity contribution in [3.05, 3.63) is 18.4 Å². The fourth-order valence-electron chi connectivity index (χ4n) is 0.357. The summed E-state index contributed by atoms with van der Waals surface area (Å²) in [6.07, 6.45) is 1.68. The zero-order valence-electron chi connectivity index (χ0n) is 6.19. The molecule has 0 heterocycles. The van der Waals surface area contributed by atoms with Crippen LogP contribution >= 0.6 is 0 Å². The molecule has 0 bridgehead atoms. The summed E-state index contributed by atoms with van der Waals surface area (Å²) >= 11 is 0. The second-order valence-electron chi connectivity index (χ2n) is 2.63. The normalized spacial score (nSPS) is 10.1. The summed E-state index contributed by atoms with van der Waals surface area (Å²) in [7, 11) is 0. The van der Waals surface area contributed by atoms with E-state index in [1.54, 1.807) is 13.0 Å². The van der Waals surface area contributed by atoms with E-state index in [1.807, 2.05) is 13.8 Å². The predicted octanol–water partition coefficient (Wildman–Crippen LogP) is 1.94. The van der Waals surface area contributed by atoms with E-state index < -0.39 is 0 Å². The van der Waals surface area contributed by atoms with Crippen LogP contribution in [0.1, 0.15) is 20.8 Å². The Morgan fingerprint density at radius 3 is 2.22 bits per heavy atom. The number of carbonyl (C=O) groups excluding carboxylic acids is 1. The molecule has 1 heteroatoms. The first kappa shape index (κ1) is 8.19. The van der Waals surface area contributed by atoms with Crippen molar-refractivity contribution in [3.63, 3.8) is 0 Å². The molecule has 0 unspecified atom stereocenters. The summed E-state index contributed by atoms with van der Waals surface area (Å²) in [5, 5.41) is 0. The van der Waals surface area contributed by atoms with Gasteiger partial charge in [0.15, 0.2) is 0 Å². The van der Waals surface area contributed by atoms with E-state index in [2.05, 4.69) is 12.3 Å². The van der Waals surface area contributed by atoms with Crippen LogP contribution in [0.5, 0.6) is 0 Å². The third kappa shape index (κ3) is 2.29. The molecule has 0 saturated carbocycles. The molecule has 9 heavy (non-hydrogen) atoms. The van der Waals surface area contributed by atoms with Gasteiger partial charge in [-0.1, -0.05) is 6.58 Å². The first-order chi connectivity index (χ1) is 4.00. The van der Waals surface area contributed by atoms with Gasteiger partial charge in [0.1, 0.15) is 5.78 Å². The van der Waals surface area contributed by atoms with Crippen LogP contribution < -0.4 is 0 Å². The zero-order chi connectivity index (χ0) is 7.49. The zero-order valence-corrected chi connectivity index (χ0v) is 6.19. The smallest absolute Gasteiger partial charge is 0.139 e. The number of hydrogen-bond donors (Lipinski definition) is 0. The van der Waals surface area contributed by atoms with Gasteiger partial charge in [-0.3, -0.25) is 4.79 Å². The van der Waals surface area contributed by atoms with Crippen LogP contribution in [0.4, 0.5) is 0 Å². The van der Waals surface area contributed by atoms with Crippen LogP contribution in [0.2, 0.25) is 0 Å². The summed E-state index contributed by atoms with van der Waals surface area (Å²) in [4.78, 5) is 10.8. The minimum absolute atomic E-state index is 0.138. The molecule has 0 rings (SSSR count). The molecule has 0 aromatic heterocycles. The van der Waals surface area contributed by atoms with Crippen LogP contribution in [0.3, 0.4) is 0 Å². The Kier molecular flexibility index (Phi) is 2.41. The largest absolute Gasteiger partial charge is 0.299 e. The van der Waals surface area contributed by atoms with Gasteiger partial charge in [0, 0.05) is 5.41 Å². The van der Waals surface area contributed by atoms with E-state index >= 15 is 0 Å². The molecule has 0 aromatic rings. The van der Waals surface area contributed by atoms with Gasteiger partial charge < -0.3 is 0 Å². The second kappa shape index (κ2) is 2.65. The van der Waals surface area contributed by atoms with Crippen LogP contribution in [-0.2, 0) is 4.79 Å². The van der Waals surface area contributed by atoms with Gasteiger partial charge in [0.05, 0.1) is 0 Å². The summed E-state index contributed by atoms with van der Waals surface area (Å²) in [5.74, 6) is 0.138. The Hall–Kier alpha value is -0.810. The van der Waals surface area contributed by atoms with Crippen molar-refractivity contribution in [1.82, 2.24) is 0 Å². The fraction of sp³-hybridized carbons (Fsp3) is 0.500. The van der Waals surface area contributed by atoms with Crippen molar-refractivity contribution in [2.75, 3.05) is 0 Å². The Labute approximate surface area is 56.1 Å². The van der Waals surface area contributed by atoms with Crippen molar-refractivity contribution in [1.29, 1.82) is 0 Å². The number of rotatable bonds is 2. The molecule has 0 saturated heterocycles. The molecule has 0 atom stereocenters. The van der Waals surface area contributed by atoms with Gasteiger partial charge in [-0.15, -0.1) is 5.73 Å². The maximum atomic E-state index is 10.8. The molecule has 0 radical (unpaired) electrons. The molecular weight excluding hydrogens is 112 g/mol. The highest BCUT2D eigenvalue weighted by Gasteiger charge is 2.18. The lowest BCUT2D eigenvalue weighted by molar-refractivity contribution is -0.122. The fourth-order valence-corrected chi connectivity index (χ4v) is 0.357. The predicted molar refractivity (Wildman–Crippen MR) is 38.2 cm³/mol. The Morgan fingerprint density at radius 1 is 1.67 bits per heavy atom. The van der Waals surface area contributed by atoms with E-state index in [-0.39, 0.29) is 11.2 Å². The van der Waals surface area contributed by atoms with Crippen LogP contribution in [0, 0.1) is 5.41 Å². The van der Waals surface area contributed by atoms with Crippen LogP contribution in [0.15, 0.2) is 18.4 Å². The van der Waals surface area contributed by atoms with Gasteiger partial charge in [0.2, 0.25) is 0 Å². The highest BCUT2D eigenvalue weighted by molar-refractivity contribution is 5.83. The van der Waals surface area contributed by atoms with E-state index in [1.165, 1.54) is 0 Å². The quantitative estimate of drug-likeness (QED) is 0.514. The van der Waals surface area contributed by atoms with Crippen molar-refractivity contribution >= 4 is 5.78 Å². The summed E-state index contributed by atoms with van der Waals surface area (Å²) in [6, 6.07) is 0. The average molecular weight is 124 g/mol. The maximum absolute atomic E-state index is 10.8. The molecule has 0 aliphatic heterocycles. The standard InChI is InChI=1S/C8H12O/c1-5-6-8(3,4)7(2)9/h6H,1H2,2-4H3. The molecule has 0 fully saturated rings. The van der Waals surface area contributed by atoms with Gasteiger partial charge in [0.25, 0.3) is 0 Å². The number of carbonyl (C=O) groups is 1. The lowest BCUT2D eigenvalue weighted by atomic mass is 9.89. The molecule has 0 aliphatic rings. The molecule has 0 spiro atoms. The first-order valence-electron chi connectivity index (χ1n) is 2.89.